The lowest BCUT2D eigenvalue weighted by molar-refractivity contribution is -0.243. The van der Waals surface area contributed by atoms with E-state index in [1.165, 1.54) is 18.2 Å². The normalized spacial score (nSPS) is 14.9. The molecule has 19 heteroatoms. The summed E-state index contributed by atoms with van der Waals surface area (Å²) in [5.41, 5.74) is -1.63. The second kappa shape index (κ2) is 9.35. The summed E-state index contributed by atoms with van der Waals surface area (Å²) in [6.07, 6.45) is -8.62. The molecule has 1 aliphatic rings. The molecule has 0 atom stereocenters. The van der Waals surface area contributed by atoms with E-state index in [2.05, 4.69) is 19.7 Å². The van der Waals surface area contributed by atoms with Gasteiger partial charge in [-0.25, -0.2) is 9.36 Å². The van der Waals surface area contributed by atoms with Gasteiger partial charge in [0.15, 0.2) is 11.4 Å². The molecule has 1 aromatic carbocycles. The second-order valence-corrected chi connectivity index (χ2v) is 10.3. The number of amides is 1. The predicted molar refractivity (Wildman–Crippen MR) is 117 cm³/mol. The Kier molecular flexibility index (Phi) is 6.86. The molecular formula is C20H14ClF8N5O4S. The van der Waals surface area contributed by atoms with Gasteiger partial charge in [-0.1, -0.05) is 17.7 Å². The van der Waals surface area contributed by atoms with E-state index in [0.717, 1.165) is 32.3 Å². The lowest BCUT2D eigenvalue weighted by atomic mass is 10.1. The Balaban J connectivity index is 1.75. The summed E-state index contributed by atoms with van der Waals surface area (Å²) in [6.45, 7) is 0. The van der Waals surface area contributed by atoms with Crippen LogP contribution in [0.1, 0.15) is 28.8 Å². The average molecular weight is 608 g/mol. The lowest BCUT2D eigenvalue weighted by Crippen LogP contribution is -2.46. The summed E-state index contributed by atoms with van der Waals surface area (Å²) in [5, 5.41) is 3.08. The quantitative estimate of drug-likeness (QED) is 0.308. The first-order chi connectivity index (χ1) is 17.8. The SMILES string of the molecule is Cn1nc(OS(=O)(=O)C(F)(F)C(F)(F)F)c(C(F)(F)F)c1-n1cc(-c2ccc(Cl)c(C(=O)NC3CC3)c2)cn1. The predicted octanol–water partition coefficient (Wildman–Crippen LogP) is 4.70. The Labute approximate surface area is 218 Å². The van der Waals surface area contributed by atoms with Crippen LogP contribution in [0.2, 0.25) is 5.02 Å². The van der Waals surface area contributed by atoms with Crippen LogP contribution >= 0.6 is 11.6 Å². The standard InChI is InChI=1S/C20H14ClF8N5O4S/c1-33-17(14(18(22,23)24)16(32-33)38-39(36,37)20(28,29)19(25,26)27)34-8-10(7-30-34)9-2-5-13(21)12(6-9)15(35)31-11-3-4-11/h2,5-8,11H,3-4H2,1H3,(H,31,35). The van der Waals surface area contributed by atoms with Gasteiger partial charge in [0, 0.05) is 24.8 Å². The molecule has 2 aromatic heterocycles. The molecule has 2 heterocycles. The molecule has 1 saturated carbocycles. The van der Waals surface area contributed by atoms with Crippen molar-refractivity contribution in [1.29, 1.82) is 0 Å². The smallest absolute Gasteiger partial charge is 0.355 e. The van der Waals surface area contributed by atoms with E-state index in [1.807, 2.05) is 0 Å². The van der Waals surface area contributed by atoms with E-state index >= 15 is 0 Å². The van der Waals surface area contributed by atoms with E-state index in [4.69, 9.17) is 11.6 Å². The Morgan fingerprint density at radius 3 is 2.31 bits per heavy atom. The molecule has 1 aliphatic carbocycles. The summed E-state index contributed by atoms with van der Waals surface area (Å²) in [7, 11) is -6.20. The van der Waals surface area contributed by atoms with Crippen molar-refractivity contribution < 1.29 is 52.5 Å². The van der Waals surface area contributed by atoms with Crippen molar-refractivity contribution in [2.24, 2.45) is 7.05 Å². The fourth-order valence-electron chi connectivity index (χ4n) is 3.32. The summed E-state index contributed by atoms with van der Waals surface area (Å²) >= 11 is 6.09. The number of benzene rings is 1. The van der Waals surface area contributed by atoms with Crippen LogP contribution in [-0.2, 0) is 23.3 Å². The van der Waals surface area contributed by atoms with Crippen LogP contribution in [0.4, 0.5) is 35.1 Å². The molecule has 0 unspecified atom stereocenters. The molecule has 1 N–H and O–H groups in total. The molecule has 39 heavy (non-hydrogen) atoms. The summed E-state index contributed by atoms with van der Waals surface area (Å²) in [5.74, 6) is -3.64. The average Bonchev–Trinajstić information content (AvgIpc) is 3.35. The van der Waals surface area contributed by atoms with E-state index in [9.17, 15) is 48.3 Å². The number of carbonyl (C=O) groups is 1. The van der Waals surface area contributed by atoms with Crippen LogP contribution in [0.5, 0.6) is 5.88 Å². The molecule has 9 nitrogen and oxygen atoms in total. The number of hydrogen-bond acceptors (Lipinski definition) is 6. The van der Waals surface area contributed by atoms with Crippen molar-refractivity contribution >= 4 is 27.6 Å². The minimum absolute atomic E-state index is 0.00177. The first kappa shape index (κ1) is 28.6. The first-order valence-electron chi connectivity index (χ1n) is 10.5. The molecule has 0 bridgehead atoms. The molecule has 3 aromatic rings. The van der Waals surface area contributed by atoms with Crippen LogP contribution in [0.15, 0.2) is 30.6 Å². The topological polar surface area (TPSA) is 108 Å². The summed E-state index contributed by atoms with van der Waals surface area (Å²) in [6, 6.07) is 4.13. The maximum atomic E-state index is 13.9. The van der Waals surface area contributed by atoms with Crippen molar-refractivity contribution in [3.05, 3.63) is 46.7 Å². The van der Waals surface area contributed by atoms with E-state index in [-0.39, 0.29) is 27.8 Å². The fourth-order valence-corrected chi connectivity index (χ4v) is 4.23. The number of hydrogen-bond donors (Lipinski definition) is 1. The molecule has 0 aliphatic heterocycles. The number of rotatable bonds is 7. The number of alkyl halides is 8. The van der Waals surface area contributed by atoms with Crippen molar-refractivity contribution in [3.8, 4) is 22.8 Å². The minimum atomic E-state index is -7.01. The summed E-state index contributed by atoms with van der Waals surface area (Å²) < 4.78 is 134. The van der Waals surface area contributed by atoms with Crippen LogP contribution in [0, 0.1) is 0 Å². The van der Waals surface area contributed by atoms with E-state index in [1.54, 1.807) is 0 Å². The van der Waals surface area contributed by atoms with Crippen molar-refractivity contribution in [2.75, 3.05) is 0 Å². The first-order valence-corrected chi connectivity index (χ1v) is 12.3. The maximum absolute atomic E-state index is 13.9. The van der Waals surface area contributed by atoms with Crippen molar-refractivity contribution in [2.45, 2.75) is 36.5 Å². The van der Waals surface area contributed by atoms with E-state index in [0.29, 0.717) is 9.36 Å². The van der Waals surface area contributed by atoms with Gasteiger partial charge in [0.25, 0.3) is 11.8 Å². The maximum Gasteiger partial charge on any atom is 0.475 e. The highest BCUT2D eigenvalue weighted by atomic mass is 35.5. The highest BCUT2D eigenvalue weighted by Crippen LogP contribution is 2.44. The lowest BCUT2D eigenvalue weighted by Gasteiger charge is -2.19. The van der Waals surface area contributed by atoms with Gasteiger partial charge in [0.05, 0.1) is 16.8 Å². The minimum Gasteiger partial charge on any atom is -0.355 e. The van der Waals surface area contributed by atoms with Crippen molar-refractivity contribution in [3.63, 3.8) is 0 Å². The molecule has 0 radical (unpaired) electrons. The van der Waals surface area contributed by atoms with Gasteiger partial charge < -0.3 is 9.50 Å². The highest BCUT2D eigenvalue weighted by molar-refractivity contribution is 7.88. The van der Waals surface area contributed by atoms with Crippen LogP contribution in [0.3, 0.4) is 0 Å². The molecule has 212 valence electrons. The van der Waals surface area contributed by atoms with Gasteiger partial charge in [-0.2, -0.15) is 48.6 Å². The molecule has 0 saturated heterocycles. The number of nitrogens with zero attached hydrogens (tertiary/aromatic N) is 4. The van der Waals surface area contributed by atoms with Gasteiger partial charge in [0.2, 0.25) is 0 Å². The Morgan fingerprint density at radius 1 is 1.10 bits per heavy atom. The Hall–Kier alpha value is -3.41. The van der Waals surface area contributed by atoms with Gasteiger partial charge >= 0.3 is 27.7 Å². The van der Waals surface area contributed by atoms with Crippen LogP contribution in [0.25, 0.3) is 16.9 Å². The Bertz CT molecular complexity index is 1540. The van der Waals surface area contributed by atoms with Gasteiger partial charge in [-0.15, -0.1) is 5.10 Å². The monoisotopic (exact) mass is 607 g/mol. The van der Waals surface area contributed by atoms with Gasteiger partial charge in [-0.3, -0.25) is 4.79 Å². The van der Waals surface area contributed by atoms with Crippen LogP contribution < -0.4 is 9.50 Å². The third-order valence-corrected chi connectivity index (χ3v) is 6.92. The molecule has 4 rings (SSSR count). The largest absolute Gasteiger partial charge is 0.475 e. The number of halogens is 9. The third kappa shape index (κ3) is 5.39. The van der Waals surface area contributed by atoms with Gasteiger partial charge in [0.1, 0.15) is 0 Å². The number of aromatic nitrogens is 4. The van der Waals surface area contributed by atoms with Crippen molar-refractivity contribution in [1.82, 2.24) is 24.9 Å². The number of aryl methyl sites for hydroxylation is 1. The fraction of sp³-hybridized carbons (Fsp3) is 0.350. The zero-order valence-corrected chi connectivity index (χ0v) is 20.7. The highest BCUT2D eigenvalue weighted by Gasteiger charge is 2.69. The molecule has 1 fully saturated rings. The number of carbonyl (C=O) groups excluding carboxylic acids is 1. The zero-order chi connectivity index (χ0) is 29.1. The molecule has 0 spiro atoms. The number of nitrogens with one attached hydrogen (secondary N) is 1. The van der Waals surface area contributed by atoms with Gasteiger partial charge in [-0.05, 0) is 30.5 Å². The zero-order valence-electron chi connectivity index (χ0n) is 19.1. The van der Waals surface area contributed by atoms with Crippen LogP contribution in [-0.4, -0.2) is 51.4 Å². The molecular weight excluding hydrogens is 594 g/mol. The summed E-state index contributed by atoms with van der Waals surface area (Å²) in [4.78, 5) is 12.4. The molecule has 1 amide bonds. The second-order valence-electron chi connectivity index (χ2n) is 8.29. The van der Waals surface area contributed by atoms with E-state index < -0.39 is 50.9 Å². The Morgan fingerprint density at radius 2 is 1.74 bits per heavy atom. The third-order valence-electron chi connectivity index (χ3n) is 5.36.